The lowest BCUT2D eigenvalue weighted by atomic mass is 10.2. The van der Waals surface area contributed by atoms with Crippen molar-refractivity contribution in [3.8, 4) is 0 Å². The van der Waals surface area contributed by atoms with E-state index in [4.69, 9.17) is 5.11 Å². The van der Waals surface area contributed by atoms with Gasteiger partial charge in [-0.2, -0.15) is 11.8 Å². The summed E-state index contributed by atoms with van der Waals surface area (Å²) in [5.41, 5.74) is 1.22. The van der Waals surface area contributed by atoms with Crippen LogP contribution in [0.3, 0.4) is 0 Å². The minimum Gasteiger partial charge on any atom is -0.480 e. The molecular weight excluding hydrogens is 250 g/mol. The molecule has 4 nitrogen and oxygen atoms in total. The van der Waals surface area contributed by atoms with E-state index in [2.05, 4.69) is 5.32 Å². The highest BCUT2D eigenvalue weighted by Gasteiger charge is 2.13. The number of carboxylic acids is 1. The van der Waals surface area contributed by atoms with Crippen LogP contribution >= 0.6 is 11.8 Å². The van der Waals surface area contributed by atoms with E-state index < -0.39 is 12.0 Å². The highest BCUT2D eigenvalue weighted by Crippen LogP contribution is 2.12. The number of amides is 1. The molecule has 0 saturated heterocycles. The van der Waals surface area contributed by atoms with E-state index in [1.54, 1.807) is 11.8 Å². The molecule has 0 aliphatic rings. The third-order valence-electron chi connectivity index (χ3n) is 2.33. The van der Waals surface area contributed by atoms with Gasteiger partial charge in [-0.25, -0.2) is 0 Å². The van der Waals surface area contributed by atoms with Crippen LogP contribution in [-0.2, 0) is 15.3 Å². The van der Waals surface area contributed by atoms with Crippen molar-refractivity contribution in [3.63, 3.8) is 0 Å². The van der Waals surface area contributed by atoms with Crippen LogP contribution in [0.5, 0.6) is 0 Å². The summed E-state index contributed by atoms with van der Waals surface area (Å²) in [6, 6.07) is 9.19. The minimum absolute atomic E-state index is 0.217. The van der Waals surface area contributed by atoms with E-state index >= 15 is 0 Å². The Kier molecular flexibility index (Phi) is 6.28. The van der Waals surface area contributed by atoms with E-state index in [1.807, 2.05) is 30.3 Å². The van der Waals surface area contributed by atoms with Gasteiger partial charge >= 0.3 is 5.97 Å². The van der Waals surface area contributed by atoms with Crippen molar-refractivity contribution in [2.45, 2.75) is 25.1 Å². The third kappa shape index (κ3) is 5.72. The zero-order valence-electron chi connectivity index (χ0n) is 10.3. The Bertz CT molecular complexity index is 394. The van der Waals surface area contributed by atoms with Crippen molar-refractivity contribution in [2.24, 2.45) is 0 Å². The van der Waals surface area contributed by atoms with Crippen molar-refractivity contribution >= 4 is 23.6 Å². The van der Waals surface area contributed by atoms with Gasteiger partial charge in [0.15, 0.2) is 0 Å². The Morgan fingerprint density at radius 2 is 2.00 bits per heavy atom. The van der Waals surface area contributed by atoms with Gasteiger partial charge in [0, 0.05) is 17.9 Å². The van der Waals surface area contributed by atoms with Crippen LogP contribution in [-0.4, -0.2) is 28.8 Å². The van der Waals surface area contributed by atoms with Crippen molar-refractivity contribution in [3.05, 3.63) is 35.9 Å². The number of rotatable bonds is 7. The van der Waals surface area contributed by atoms with E-state index in [0.29, 0.717) is 12.2 Å². The Balaban J connectivity index is 2.14. The molecule has 0 bridgehead atoms. The summed E-state index contributed by atoms with van der Waals surface area (Å²) in [4.78, 5) is 21.9. The first-order valence-corrected chi connectivity index (χ1v) is 6.89. The summed E-state index contributed by atoms with van der Waals surface area (Å²) >= 11 is 1.66. The van der Waals surface area contributed by atoms with Gasteiger partial charge < -0.3 is 10.4 Å². The number of carbonyl (C=O) groups excluding carboxylic acids is 1. The number of carbonyl (C=O) groups is 2. The molecule has 0 unspecified atom stereocenters. The molecule has 98 valence electrons. The number of hydrogen-bond donors (Lipinski definition) is 2. The summed E-state index contributed by atoms with van der Waals surface area (Å²) in [5.74, 6) is 0.320. The maximum atomic E-state index is 11.4. The predicted octanol–water partition coefficient (Wildman–Crippen LogP) is 1.90. The lowest BCUT2D eigenvalue weighted by Gasteiger charge is -2.08. The van der Waals surface area contributed by atoms with E-state index in [-0.39, 0.29) is 5.91 Å². The Hall–Kier alpha value is -1.49. The minimum atomic E-state index is -1.01. The molecule has 1 aromatic carbocycles. The number of thioether (sulfide) groups is 1. The molecule has 0 spiro atoms. The van der Waals surface area contributed by atoms with Crippen LogP contribution < -0.4 is 5.32 Å². The summed E-state index contributed by atoms with van der Waals surface area (Å²) < 4.78 is 0. The summed E-state index contributed by atoms with van der Waals surface area (Å²) in [7, 11) is 0. The molecule has 0 aliphatic carbocycles. The number of hydrogen-bond acceptors (Lipinski definition) is 3. The highest BCUT2D eigenvalue weighted by atomic mass is 32.2. The third-order valence-corrected chi connectivity index (χ3v) is 3.36. The Labute approximate surface area is 111 Å². The molecule has 0 radical (unpaired) electrons. The zero-order valence-corrected chi connectivity index (χ0v) is 11.1. The van der Waals surface area contributed by atoms with Gasteiger partial charge in [-0.05, 0) is 12.5 Å². The molecule has 0 saturated carbocycles. The van der Waals surface area contributed by atoms with Crippen molar-refractivity contribution in [1.82, 2.24) is 5.32 Å². The first kappa shape index (κ1) is 14.6. The molecule has 2 N–H and O–H groups in total. The molecule has 0 aliphatic heterocycles. The number of aliphatic carboxylic acids is 1. The second kappa shape index (κ2) is 7.76. The van der Waals surface area contributed by atoms with Gasteiger partial charge in [0.05, 0.1) is 0 Å². The summed E-state index contributed by atoms with van der Waals surface area (Å²) in [6.07, 6.45) is 0.342. The first-order chi connectivity index (χ1) is 8.59. The van der Waals surface area contributed by atoms with Gasteiger partial charge in [-0.3, -0.25) is 9.59 Å². The van der Waals surface area contributed by atoms with Crippen molar-refractivity contribution in [1.29, 1.82) is 0 Å². The Morgan fingerprint density at radius 1 is 1.33 bits per heavy atom. The second-order valence-electron chi connectivity index (χ2n) is 3.92. The zero-order chi connectivity index (χ0) is 13.4. The lowest BCUT2D eigenvalue weighted by Crippen LogP contribution is -2.38. The molecular formula is C13H17NO3S. The number of nitrogens with one attached hydrogen (secondary N) is 1. The Morgan fingerprint density at radius 3 is 2.61 bits per heavy atom. The molecule has 0 heterocycles. The molecule has 0 fully saturated rings. The lowest BCUT2D eigenvalue weighted by molar-refractivity contribution is -0.141. The molecule has 1 atom stereocenters. The molecule has 18 heavy (non-hydrogen) atoms. The van der Waals surface area contributed by atoms with Crippen molar-refractivity contribution in [2.75, 3.05) is 5.75 Å². The first-order valence-electron chi connectivity index (χ1n) is 5.73. The highest BCUT2D eigenvalue weighted by molar-refractivity contribution is 7.98. The van der Waals surface area contributed by atoms with Gasteiger partial charge in [-0.1, -0.05) is 30.3 Å². The summed E-state index contributed by atoms with van der Waals surface area (Å²) in [5, 5.41) is 11.1. The SMILES string of the molecule is C[C@H](NC(=O)CCSCc1ccccc1)C(=O)O. The van der Waals surface area contributed by atoms with Crippen LogP contribution in [0, 0.1) is 0 Å². The number of carboxylic acid groups (broad SMARTS) is 1. The monoisotopic (exact) mass is 267 g/mol. The standard InChI is InChI=1S/C13H17NO3S/c1-10(13(16)17)14-12(15)7-8-18-9-11-5-3-2-4-6-11/h2-6,10H,7-9H2,1H3,(H,14,15)(H,16,17)/t10-/m0/s1. The normalized spacial score (nSPS) is 11.8. The van der Waals surface area contributed by atoms with Gasteiger partial charge in [0.1, 0.15) is 6.04 Å². The van der Waals surface area contributed by atoms with Crippen LogP contribution in [0.2, 0.25) is 0 Å². The van der Waals surface area contributed by atoms with Crippen LogP contribution in [0.25, 0.3) is 0 Å². The maximum Gasteiger partial charge on any atom is 0.325 e. The fraction of sp³-hybridized carbons (Fsp3) is 0.385. The largest absolute Gasteiger partial charge is 0.480 e. The molecule has 5 heteroatoms. The average Bonchev–Trinajstić information content (AvgIpc) is 2.35. The fourth-order valence-electron chi connectivity index (χ4n) is 1.30. The van der Waals surface area contributed by atoms with E-state index in [9.17, 15) is 9.59 Å². The van der Waals surface area contributed by atoms with Gasteiger partial charge in [-0.15, -0.1) is 0 Å². The smallest absolute Gasteiger partial charge is 0.325 e. The fourth-order valence-corrected chi connectivity index (χ4v) is 2.21. The quantitative estimate of drug-likeness (QED) is 0.740. The molecule has 1 aromatic rings. The van der Waals surface area contributed by atoms with Crippen LogP contribution in [0.4, 0.5) is 0 Å². The number of benzene rings is 1. The second-order valence-corrected chi connectivity index (χ2v) is 5.02. The van der Waals surface area contributed by atoms with Crippen LogP contribution in [0.1, 0.15) is 18.9 Å². The molecule has 1 amide bonds. The molecule has 0 aromatic heterocycles. The van der Waals surface area contributed by atoms with Crippen LogP contribution in [0.15, 0.2) is 30.3 Å². The van der Waals surface area contributed by atoms with E-state index in [1.165, 1.54) is 12.5 Å². The topological polar surface area (TPSA) is 66.4 Å². The molecule has 1 rings (SSSR count). The van der Waals surface area contributed by atoms with Gasteiger partial charge in [0.25, 0.3) is 0 Å². The maximum absolute atomic E-state index is 11.4. The predicted molar refractivity (Wildman–Crippen MR) is 72.5 cm³/mol. The summed E-state index contributed by atoms with van der Waals surface area (Å²) in [6.45, 7) is 1.46. The van der Waals surface area contributed by atoms with Gasteiger partial charge in [0.2, 0.25) is 5.91 Å². The average molecular weight is 267 g/mol. The van der Waals surface area contributed by atoms with E-state index in [0.717, 1.165) is 5.75 Å². The van der Waals surface area contributed by atoms with Crippen molar-refractivity contribution < 1.29 is 14.7 Å².